The van der Waals surface area contributed by atoms with Gasteiger partial charge in [0.05, 0.1) is 0 Å². The standard InChI is InChI=1S/C6H14.2C2H8N6/c1-3-5-6-4-2;2*3-1(4)7-8-2(5)6/h3-6H2,1-2H3;2*(H4,3,4,7)(H4,5,6,8). The van der Waals surface area contributed by atoms with Gasteiger partial charge in [-0.25, -0.2) is 0 Å². The van der Waals surface area contributed by atoms with Crippen LogP contribution in [0.4, 0.5) is 0 Å². The Labute approximate surface area is 130 Å². The maximum atomic E-state index is 6.54. The van der Waals surface area contributed by atoms with Gasteiger partial charge in [0.1, 0.15) is 0 Å². The first-order valence-electron chi connectivity index (χ1n) is 6.57. The van der Waals surface area contributed by atoms with Gasteiger partial charge in [0.15, 0.2) is 0 Å². The Morgan fingerprint density at radius 1 is 0.591 bits per heavy atom. The summed E-state index contributed by atoms with van der Waals surface area (Å²) in [6.07, 6.45) is 5.54. The molecule has 16 N–H and O–H groups in total. The zero-order valence-corrected chi connectivity index (χ0v) is 13.1. The Morgan fingerprint density at radius 2 is 0.773 bits per heavy atom. The lowest BCUT2D eigenvalue weighted by molar-refractivity contribution is 0.702. The maximum Gasteiger partial charge on any atom is 0.204 e. The average Bonchev–Trinajstić information content (AvgIpc) is 2.42. The number of hydrogen-bond acceptors (Lipinski definition) is 4. The van der Waals surface area contributed by atoms with Gasteiger partial charge in [-0.2, -0.15) is 0 Å². The van der Waals surface area contributed by atoms with E-state index in [9.17, 15) is 0 Å². The number of nitrogens with one attached hydrogen (secondary N) is 8. The van der Waals surface area contributed by atoms with Gasteiger partial charge >= 0.3 is 0 Å². The average molecular weight is 318 g/mol. The summed E-state index contributed by atoms with van der Waals surface area (Å²) in [7, 11) is 0. The van der Waals surface area contributed by atoms with Crippen LogP contribution in [0.3, 0.4) is 0 Å². The topological polar surface area (TPSA) is 248 Å². The van der Waals surface area contributed by atoms with Gasteiger partial charge in [0.25, 0.3) is 0 Å². The smallest absolute Gasteiger partial charge is 0.204 e. The van der Waals surface area contributed by atoms with E-state index >= 15 is 0 Å². The first kappa shape index (κ1) is 24.1. The molecule has 0 saturated carbocycles. The molecule has 22 heavy (non-hydrogen) atoms. The molecule has 130 valence electrons. The number of guanidine groups is 4. The molecule has 0 aliphatic rings. The summed E-state index contributed by atoms with van der Waals surface area (Å²) >= 11 is 0. The minimum atomic E-state index is -0.278. The van der Waals surface area contributed by atoms with Crippen LogP contribution in [-0.4, -0.2) is 23.8 Å². The van der Waals surface area contributed by atoms with Gasteiger partial charge in [-0.15, -0.1) is 0 Å². The van der Waals surface area contributed by atoms with E-state index in [1.165, 1.54) is 25.7 Å². The number of rotatable bonds is 3. The first-order chi connectivity index (χ1) is 10.2. The summed E-state index contributed by atoms with van der Waals surface area (Å²) < 4.78 is 0. The zero-order valence-electron chi connectivity index (χ0n) is 13.1. The van der Waals surface area contributed by atoms with Crippen LogP contribution in [-0.2, 0) is 0 Å². The molecule has 0 heterocycles. The molecule has 0 aromatic heterocycles. The fraction of sp³-hybridized carbons (Fsp3) is 0.600. The fourth-order valence-electron chi connectivity index (χ4n) is 0.769. The van der Waals surface area contributed by atoms with Crippen LogP contribution in [0.5, 0.6) is 0 Å². The number of hydrogen-bond donors (Lipinski definition) is 12. The SMILES string of the molecule is CCCCCC.N=C(N)NNC(=N)N.N=C(N)NNC(=N)N. The van der Waals surface area contributed by atoms with Gasteiger partial charge in [0, 0.05) is 0 Å². The molecule has 0 fully saturated rings. The van der Waals surface area contributed by atoms with E-state index in [0.717, 1.165) is 0 Å². The minimum Gasteiger partial charge on any atom is -0.369 e. The molecular weight excluding hydrogens is 288 g/mol. The van der Waals surface area contributed by atoms with Gasteiger partial charge in [-0.05, 0) is 0 Å². The van der Waals surface area contributed by atoms with Crippen molar-refractivity contribution in [1.29, 1.82) is 21.6 Å². The Kier molecular flexibility index (Phi) is 19.8. The largest absolute Gasteiger partial charge is 0.369 e. The van der Waals surface area contributed by atoms with E-state index in [0.29, 0.717) is 0 Å². The normalized spacial score (nSPS) is 7.91. The molecule has 12 nitrogen and oxygen atoms in total. The highest BCUT2D eigenvalue weighted by Gasteiger charge is 1.83. The molecule has 0 unspecified atom stereocenters. The minimum absolute atomic E-state index is 0.278. The van der Waals surface area contributed by atoms with E-state index in [1.54, 1.807) is 0 Å². The van der Waals surface area contributed by atoms with Crippen LogP contribution in [0.1, 0.15) is 39.5 Å². The maximum absolute atomic E-state index is 6.54. The summed E-state index contributed by atoms with van der Waals surface area (Å²) in [5.74, 6) is -1.11. The zero-order chi connectivity index (χ0) is 18.0. The third-order valence-electron chi connectivity index (χ3n) is 1.62. The van der Waals surface area contributed by atoms with Crippen molar-refractivity contribution < 1.29 is 0 Å². The molecule has 0 spiro atoms. The lowest BCUT2D eigenvalue weighted by Crippen LogP contribution is -2.47. The van der Waals surface area contributed by atoms with Crippen LogP contribution < -0.4 is 44.6 Å². The van der Waals surface area contributed by atoms with Crippen LogP contribution in [0, 0.1) is 21.6 Å². The Balaban J connectivity index is -0.000000249. The molecule has 0 aliphatic carbocycles. The van der Waals surface area contributed by atoms with Crippen LogP contribution in [0.2, 0.25) is 0 Å². The predicted octanol–water partition coefficient (Wildman–Crippen LogP) is -1.68. The molecular formula is C10H30N12. The highest BCUT2D eigenvalue weighted by Crippen LogP contribution is 1.95. The van der Waals surface area contributed by atoms with Crippen molar-refractivity contribution in [2.24, 2.45) is 22.9 Å². The third kappa shape index (κ3) is 43.5. The summed E-state index contributed by atoms with van der Waals surface area (Å²) in [4.78, 5) is 0. The van der Waals surface area contributed by atoms with Gasteiger partial charge in [-0.1, -0.05) is 39.5 Å². The molecule has 0 radical (unpaired) electrons. The molecule has 0 amide bonds. The van der Waals surface area contributed by atoms with E-state index in [1.807, 2.05) is 0 Å². The van der Waals surface area contributed by atoms with Crippen molar-refractivity contribution in [2.45, 2.75) is 39.5 Å². The molecule has 0 aromatic carbocycles. The van der Waals surface area contributed by atoms with E-state index in [2.05, 4.69) is 35.6 Å². The van der Waals surface area contributed by atoms with Gasteiger partial charge in [-0.3, -0.25) is 43.3 Å². The first-order valence-corrected chi connectivity index (χ1v) is 6.57. The quantitative estimate of drug-likeness (QED) is 0.124. The highest BCUT2D eigenvalue weighted by molar-refractivity contribution is 5.80. The molecule has 0 aromatic rings. The van der Waals surface area contributed by atoms with Crippen molar-refractivity contribution in [3.05, 3.63) is 0 Å². The Morgan fingerprint density at radius 3 is 0.864 bits per heavy atom. The number of nitrogens with two attached hydrogens (primary N) is 4. The highest BCUT2D eigenvalue weighted by atomic mass is 15.4. The molecule has 0 atom stereocenters. The van der Waals surface area contributed by atoms with Crippen molar-refractivity contribution >= 4 is 23.8 Å². The molecule has 0 saturated heterocycles. The second-order valence-electron chi connectivity index (χ2n) is 3.86. The van der Waals surface area contributed by atoms with E-state index < -0.39 is 0 Å². The lowest BCUT2D eigenvalue weighted by Gasteiger charge is -2.02. The lowest BCUT2D eigenvalue weighted by atomic mass is 10.2. The monoisotopic (exact) mass is 318 g/mol. The summed E-state index contributed by atoms with van der Waals surface area (Å²) in [5.41, 5.74) is 27.6. The third-order valence-corrected chi connectivity index (χ3v) is 1.62. The predicted molar refractivity (Wildman–Crippen MR) is 90.0 cm³/mol. The molecule has 0 rings (SSSR count). The summed E-state index contributed by atoms with van der Waals surface area (Å²) in [6, 6.07) is 0. The van der Waals surface area contributed by atoms with Crippen LogP contribution >= 0.6 is 0 Å². The van der Waals surface area contributed by atoms with Gasteiger partial charge < -0.3 is 22.9 Å². The van der Waals surface area contributed by atoms with E-state index in [-0.39, 0.29) is 23.8 Å². The van der Waals surface area contributed by atoms with Crippen molar-refractivity contribution in [1.82, 2.24) is 21.7 Å². The van der Waals surface area contributed by atoms with Crippen molar-refractivity contribution in [3.8, 4) is 0 Å². The van der Waals surface area contributed by atoms with Gasteiger partial charge in [0.2, 0.25) is 23.8 Å². The molecule has 12 heteroatoms. The Hall–Kier alpha value is -2.92. The summed E-state index contributed by atoms with van der Waals surface area (Å²) in [5, 5.41) is 26.2. The summed E-state index contributed by atoms with van der Waals surface area (Å²) in [6.45, 7) is 4.46. The van der Waals surface area contributed by atoms with Crippen molar-refractivity contribution in [3.63, 3.8) is 0 Å². The van der Waals surface area contributed by atoms with Crippen LogP contribution in [0.25, 0.3) is 0 Å². The second kappa shape index (κ2) is 18.1. The second-order valence-corrected chi connectivity index (χ2v) is 3.86. The van der Waals surface area contributed by atoms with E-state index in [4.69, 9.17) is 44.6 Å². The molecule has 0 bridgehead atoms. The number of hydrazine groups is 2. The number of unbranched alkanes of at least 4 members (excludes halogenated alkanes) is 3. The fourth-order valence-corrected chi connectivity index (χ4v) is 0.769. The Bertz CT molecular complexity index is 266. The molecule has 0 aliphatic heterocycles. The van der Waals surface area contributed by atoms with Crippen LogP contribution in [0.15, 0.2) is 0 Å². The van der Waals surface area contributed by atoms with Crippen molar-refractivity contribution in [2.75, 3.05) is 0 Å².